The molecule has 4 rings (SSSR count). The Morgan fingerprint density at radius 2 is 1.82 bits per heavy atom. The van der Waals surface area contributed by atoms with E-state index in [-0.39, 0.29) is 30.4 Å². The number of pyridine rings is 1. The van der Waals surface area contributed by atoms with Crippen LogP contribution in [0.2, 0.25) is 0 Å². The Morgan fingerprint density at radius 3 is 2.48 bits per heavy atom. The number of anilines is 2. The number of nitrogens with zero attached hydrogens (tertiary/aromatic N) is 7. The molecule has 3 aromatic rings. The number of rotatable bonds is 11. The van der Waals surface area contributed by atoms with Crippen molar-refractivity contribution in [3.8, 4) is 6.01 Å². The molecule has 13 nitrogen and oxygen atoms in total. The van der Waals surface area contributed by atoms with Crippen molar-refractivity contribution >= 4 is 29.3 Å². The monoisotopic (exact) mass is 553 g/mol. The molecule has 0 aliphatic carbocycles. The van der Waals surface area contributed by atoms with E-state index in [4.69, 9.17) is 20.2 Å². The fourth-order valence-corrected chi connectivity index (χ4v) is 4.87. The van der Waals surface area contributed by atoms with Crippen LogP contribution in [0.25, 0.3) is 5.65 Å². The summed E-state index contributed by atoms with van der Waals surface area (Å²) in [6.07, 6.45) is 7.51. The van der Waals surface area contributed by atoms with Crippen molar-refractivity contribution in [2.75, 3.05) is 50.5 Å². The van der Waals surface area contributed by atoms with Gasteiger partial charge in [-0.1, -0.05) is 32.8 Å². The number of hydrogen-bond acceptors (Lipinski definition) is 10. The van der Waals surface area contributed by atoms with Gasteiger partial charge in [0.1, 0.15) is 11.9 Å². The minimum Gasteiger partial charge on any atom is -0.459 e. The average Bonchev–Trinajstić information content (AvgIpc) is 3.35. The van der Waals surface area contributed by atoms with Crippen LogP contribution in [0.1, 0.15) is 56.4 Å². The summed E-state index contributed by atoms with van der Waals surface area (Å²) in [4.78, 5) is 40.9. The highest BCUT2D eigenvalue weighted by molar-refractivity contribution is 5.80. The van der Waals surface area contributed by atoms with Crippen LogP contribution < -0.4 is 20.7 Å². The lowest BCUT2D eigenvalue weighted by atomic mass is 10.1. The minimum absolute atomic E-state index is 0.0501. The van der Waals surface area contributed by atoms with Crippen LogP contribution in [0.4, 0.5) is 16.4 Å². The number of imidazole rings is 1. The molecule has 216 valence electrons. The molecule has 0 spiro atoms. The summed E-state index contributed by atoms with van der Waals surface area (Å²) >= 11 is 0. The second-order valence-corrected chi connectivity index (χ2v) is 9.94. The lowest BCUT2D eigenvalue weighted by Gasteiger charge is -2.36. The van der Waals surface area contributed by atoms with Crippen molar-refractivity contribution in [2.24, 2.45) is 0 Å². The summed E-state index contributed by atoms with van der Waals surface area (Å²) in [5.74, 6) is 0.960. The normalized spacial score (nSPS) is 13.6. The number of nitrogens with two attached hydrogens (primary N) is 1. The average molecular weight is 554 g/mol. The van der Waals surface area contributed by atoms with Gasteiger partial charge >= 0.3 is 12.1 Å². The Labute approximate surface area is 234 Å². The molecule has 4 heterocycles. The third-order valence-corrected chi connectivity index (χ3v) is 6.89. The number of amides is 2. The van der Waals surface area contributed by atoms with E-state index in [9.17, 15) is 9.59 Å². The predicted molar refractivity (Wildman–Crippen MR) is 150 cm³/mol. The first-order valence-electron chi connectivity index (χ1n) is 13.8. The largest absolute Gasteiger partial charge is 0.459 e. The van der Waals surface area contributed by atoms with Crippen molar-refractivity contribution in [3.05, 3.63) is 35.3 Å². The number of piperazine rings is 1. The molecule has 1 aliphatic heterocycles. The van der Waals surface area contributed by atoms with Crippen LogP contribution in [-0.4, -0.2) is 87.4 Å². The first-order chi connectivity index (χ1) is 19.3. The van der Waals surface area contributed by atoms with Crippen LogP contribution >= 0.6 is 0 Å². The molecular weight excluding hydrogens is 514 g/mol. The van der Waals surface area contributed by atoms with Gasteiger partial charge in [0.15, 0.2) is 18.1 Å². The zero-order chi connectivity index (χ0) is 28.6. The number of fused-ring (bicyclic) bond motifs is 1. The molecule has 40 heavy (non-hydrogen) atoms. The zero-order valence-electron chi connectivity index (χ0n) is 23.7. The van der Waals surface area contributed by atoms with Crippen molar-refractivity contribution in [1.29, 1.82) is 0 Å². The highest BCUT2D eigenvalue weighted by atomic mass is 16.6. The van der Waals surface area contributed by atoms with Crippen LogP contribution in [0.5, 0.6) is 6.01 Å². The van der Waals surface area contributed by atoms with E-state index in [0.29, 0.717) is 38.2 Å². The standard InChI is InChI=1S/C27H39N9O4/c1-5-7-21(8-6-2)40-26-32-23(28)25-31-16-20(36(25)33-26)14-19-13-18(3)24(30-15-19)35-11-9-34(10-12-35)22(37)17-39-27(38)29-4/h13,15-16,21H,5-12,14,17H2,1-4H3,(H,29,38)(H2,28,32,33). The number of carbonyl (C=O) groups is 2. The molecule has 3 aromatic heterocycles. The number of alkyl carbamates (subject to hydrolysis) is 1. The molecule has 2 amide bonds. The van der Waals surface area contributed by atoms with Gasteiger partial charge in [0, 0.05) is 45.8 Å². The number of nitrogens with one attached hydrogen (secondary N) is 1. The van der Waals surface area contributed by atoms with Gasteiger partial charge in [-0.25, -0.2) is 19.3 Å². The molecule has 0 radical (unpaired) electrons. The highest BCUT2D eigenvalue weighted by Crippen LogP contribution is 2.23. The summed E-state index contributed by atoms with van der Waals surface area (Å²) in [7, 11) is 1.46. The lowest BCUT2D eigenvalue weighted by molar-refractivity contribution is -0.134. The van der Waals surface area contributed by atoms with Crippen LogP contribution in [0.15, 0.2) is 18.5 Å². The second-order valence-electron chi connectivity index (χ2n) is 9.94. The zero-order valence-corrected chi connectivity index (χ0v) is 23.7. The molecule has 0 bridgehead atoms. The third-order valence-electron chi connectivity index (χ3n) is 6.89. The molecule has 0 aromatic carbocycles. The van der Waals surface area contributed by atoms with E-state index < -0.39 is 6.09 Å². The molecular formula is C27H39N9O4. The summed E-state index contributed by atoms with van der Waals surface area (Å²) in [5.41, 5.74) is 9.60. The molecule has 0 atom stereocenters. The fourth-order valence-electron chi connectivity index (χ4n) is 4.87. The minimum atomic E-state index is -0.617. The number of nitrogen functional groups attached to an aromatic ring is 1. The third kappa shape index (κ3) is 6.88. The van der Waals surface area contributed by atoms with Gasteiger partial charge in [0.25, 0.3) is 5.91 Å². The number of aryl methyl sites for hydroxylation is 1. The smallest absolute Gasteiger partial charge is 0.407 e. The fraction of sp³-hybridized carbons (Fsp3) is 0.556. The Hall–Kier alpha value is -4.16. The Morgan fingerprint density at radius 1 is 1.10 bits per heavy atom. The first kappa shape index (κ1) is 28.8. The maximum absolute atomic E-state index is 12.3. The van der Waals surface area contributed by atoms with E-state index in [1.165, 1.54) is 7.05 Å². The van der Waals surface area contributed by atoms with Crippen molar-refractivity contribution < 1.29 is 19.1 Å². The summed E-state index contributed by atoms with van der Waals surface area (Å²) in [5, 5.41) is 6.94. The van der Waals surface area contributed by atoms with Crippen molar-refractivity contribution in [2.45, 2.75) is 59.0 Å². The number of aromatic nitrogens is 5. The molecule has 13 heteroatoms. The van der Waals surface area contributed by atoms with E-state index in [2.05, 4.69) is 45.2 Å². The Balaban J connectivity index is 1.42. The van der Waals surface area contributed by atoms with Gasteiger partial charge in [-0.2, -0.15) is 4.98 Å². The summed E-state index contributed by atoms with van der Waals surface area (Å²) < 4.78 is 12.7. The number of carbonyl (C=O) groups excluding carboxylic acids is 2. The molecule has 0 saturated carbocycles. The number of ether oxygens (including phenoxy) is 2. The molecule has 1 fully saturated rings. The Kier molecular flexibility index (Phi) is 9.56. The topological polar surface area (TPSA) is 153 Å². The van der Waals surface area contributed by atoms with Crippen LogP contribution in [0, 0.1) is 6.92 Å². The molecule has 1 saturated heterocycles. The summed E-state index contributed by atoms with van der Waals surface area (Å²) in [6, 6.07) is 2.37. The second kappa shape index (κ2) is 13.3. The van der Waals surface area contributed by atoms with Crippen LogP contribution in [-0.2, 0) is 16.0 Å². The van der Waals surface area contributed by atoms with Gasteiger partial charge in [0.2, 0.25) is 0 Å². The van der Waals surface area contributed by atoms with E-state index in [0.717, 1.165) is 48.3 Å². The molecule has 3 N–H and O–H groups in total. The predicted octanol–water partition coefficient (Wildman–Crippen LogP) is 2.35. The van der Waals surface area contributed by atoms with Gasteiger partial charge in [-0.15, -0.1) is 5.10 Å². The lowest BCUT2D eigenvalue weighted by Crippen LogP contribution is -2.50. The van der Waals surface area contributed by atoms with Gasteiger partial charge in [-0.05, 0) is 30.9 Å². The van der Waals surface area contributed by atoms with Crippen molar-refractivity contribution in [3.63, 3.8) is 0 Å². The maximum Gasteiger partial charge on any atom is 0.407 e. The SMILES string of the molecule is CCCC(CCC)Oc1nc(N)c2ncc(Cc3cnc(N4CCN(C(=O)COC(=O)NC)CC4)c(C)c3)n2n1. The van der Waals surface area contributed by atoms with Crippen LogP contribution in [0.3, 0.4) is 0 Å². The Bertz CT molecular complexity index is 1310. The van der Waals surface area contributed by atoms with E-state index in [1.54, 1.807) is 15.6 Å². The van der Waals surface area contributed by atoms with Gasteiger partial charge in [-0.3, -0.25) is 4.79 Å². The quantitative estimate of drug-likeness (QED) is 0.362. The molecule has 0 unspecified atom stereocenters. The summed E-state index contributed by atoms with van der Waals surface area (Å²) in [6.45, 7) is 8.37. The first-order valence-corrected chi connectivity index (χ1v) is 13.8. The maximum atomic E-state index is 12.3. The molecule has 1 aliphatic rings. The highest BCUT2D eigenvalue weighted by Gasteiger charge is 2.24. The van der Waals surface area contributed by atoms with E-state index >= 15 is 0 Å². The number of hydrogen-bond donors (Lipinski definition) is 2. The van der Waals surface area contributed by atoms with Gasteiger partial charge in [0.05, 0.1) is 11.9 Å². The van der Waals surface area contributed by atoms with Gasteiger partial charge < -0.3 is 30.3 Å². The van der Waals surface area contributed by atoms with Crippen molar-refractivity contribution in [1.82, 2.24) is 34.8 Å². The van der Waals surface area contributed by atoms with E-state index in [1.807, 2.05) is 13.1 Å².